The minimum Gasteiger partial charge on any atom is -0.463 e. The molecule has 0 aromatic rings. The Morgan fingerprint density at radius 1 is 0.730 bits per heavy atom. The second-order valence-corrected chi connectivity index (χ2v) is 11.2. The number of phosphoric ester groups is 1. The molecule has 6 atom stereocenters. The Bertz CT molecular complexity index is 650. The SMILES string of the molecule is CCCCCCCCCCCCCCC(=O)OCC(O)COP(=O)(O)OC1C(O)C(O)C(O)C(O)C1O. The van der Waals surface area contributed by atoms with Crippen LogP contribution in [0.3, 0.4) is 0 Å². The molecule has 0 aromatic carbocycles. The summed E-state index contributed by atoms with van der Waals surface area (Å²) in [6.45, 7) is 0.964. The van der Waals surface area contributed by atoms with Crippen molar-refractivity contribution in [3.63, 3.8) is 0 Å². The second-order valence-electron chi connectivity index (χ2n) is 9.76. The lowest BCUT2D eigenvalue weighted by atomic mass is 9.85. The largest absolute Gasteiger partial charge is 0.472 e. The van der Waals surface area contributed by atoms with E-state index < -0.39 is 69.7 Å². The summed E-state index contributed by atoms with van der Waals surface area (Å²) in [6.07, 6.45) is 1.02. The van der Waals surface area contributed by atoms with Gasteiger partial charge in [0.25, 0.3) is 0 Å². The highest BCUT2D eigenvalue weighted by Gasteiger charge is 2.51. The van der Waals surface area contributed by atoms with Crippen LogP contribution in [0.5, 0.6) is 0 Å². The molecule has 0 amide bonds. The monoisotopic (exact) mass is 558 g/mol. The van der Waals surface area contributed by atoms with Crippen LogP contribution in [0.25, 0.3) is 0 Å². The molecule has 0 aliphatic heterocycles. The van der Waals surface area contributed by atoms with Crippen molar-refractivity contribution >= 4 is 13.8 Å². The van der Waals surface area contributed by atoms with Gasteiger partial charge in [-0.25, -0.2) is 4.57 Å². The number of hydrogen-bond donors (Lipinski definition) is 7. The van der Waals surface area contributed by atoms with Gasteiger partial charge in [0.2, 0.25) is 0 Å². The number of phosphoric acid groups is 1. The molecular weight excluding hydrogens is 511 g/mol. The molecule has 0 radical (unpaired) electrons. The second kappa shape index (κ2) is 18.6. The standard InChI is InChI=1S/C24H47O12P/c1-2-3-4-5-6-7-8-9-10-11-12-13-14-18(26)34-15-17(25)16-35-37(32,33)36-24-22(30)20(28)19(27)21(29)23(24)31/h17,19-25,27-31H,2-16H2,1H3,(H,32,33). The molecule has 0 spiro atoms. The summed E-state index contributed by atoms with van der Waals surface area (Å²) in [6, 6.07) is 0. The highest BCUT2D eigenvalue weighted by atomic mass is 31.2. The normalized spacial score (nSPS) is 28.5. The zero-order chi connectivity index (χ0) is 27.8. The van der Waals surface area contributed by atoms with E-state index in [0.717, 1.165) is 19.3 Å². The molecule has 1 aliphatic rings. The van der Waals surface area contributed by atoms with Crippen molar-refractivity contribution in [1.29, 1.82) is 0 Å². The van der Waals surface area contributed by atoms with E-state index in [1.54, 1.807) is 0 Å². The Kier molecular flexibility index (Phi) is 17.3. The highest BCUT2D eigenvalue weighted by molar-refractivity contribution is 7.47. The summed E-state index contributed by atoms with van der Waals surface area (Å²) < 4.78 is 26.3. The first-order valence-electron chi connectivity index (χ1n) is 13.4. The minimum absolute atomic E-state index is 0.195. The summed E-state index contributed by atoms with van der Waals surface area (Å²) >= 11 is 0. The van der Waals surface area contributed by atoms with Gasteiger partial charge >= 0.3 is 13.8 Å². The van der Waals surface area contributed by atoms with Gasteiger partial charge in [0.05, 0.1) is 6.61 Å². The van der Waals surface area contributed by atoms with Crippen molar-refractivity contribution in [2.24, 2.45) is 0 Å². The molecule has 1 fully saturated rings. The van der Waals surface area contributed by atoms with Crippen LogP contribution < -0.4 is 0 Å². The smallest absolute Gasteiger partial charge is 0.463 e. The number of esters is 1. The average molecular weight is 559 g/mol. The van der Waals surface area contributed by atoms with Gasteiger partial charge in [0, 0.05) is 6.42 Å². The van der Waals surface area contributed by atoms with Crippen LogP contribution in [-0.2, 0) is 23.1 Å². The molecule has 12 nitrogen and oxygen atoms in total. The van der Waals surface area contributed by atoms with Gasteiger partial charge in [0.1, 0.15) is 49.3 Å². The zero-order valence-corrected chi connectivity index (χ0v) is 22.7. The molecule has 1 rings (SSSR count). The Balaban J connectivity index is 2.14. The number of rotatable bonds is 20. The summed E-state index contributed by atoms with van der Waals surface area (Å²) in [7, 11) is -4.98. The van der Waals surface area contributed by atoms with Gasteiger partial charge < -0.3 is 40.3 Å². The minimum atomic E-state index is -4.98. The molecule has 0 heterocycles. The van der Waals surface area contributed by atoms with Crippen molar-refractivity contribution in [3.05, 3.63) is 0 Å². The number of ether oxygens (including phenoxy) is 1. The van der Waals surface area contributed by atoms with E-state index in [2.05, 4.69) is 16.0 Å². The number of carbonyl (C=O) groups excluding carboxylic acids is 1. The Morgan fingerprint density at radius 3 is 1.65 bits per heavy atom. The summed E-state index contributed by atoms with van der Waals surface area (Å²) in [5.74, 6) is -0.510. The third-order valence-electron chi connectivity index (χ3n) is 6.43. The molecule has 0 saturated heterocycles. The first kappa shape index (κ1) is 34.4. The van der Waals surface area contributed by atoms with E-state index in [9.17, 15) is 44.9 Å². The van der Waals surface area contributed by atoms with Crippen LogP contribution in [-0.4, -0.2) is 97.4 Å². The van der Waals surface area contributed by atoms with E-state index in [1.165, 1.54) is 51.4 Å². The van der Waals surface area contributed by atoms with Crippen molar-refractivity contribution in [3.8, 4) is 0 Å². The molecule has 220 valence electrons. The van der Waals surface area contributed by atoms with Gasteiger partial charge in [0.15, 0.2) is 0 Å². The van der Waals surface area contributed by atoms with Gasteiger partial charge in [-0.1, -0.05) is 77.6 Å². The summed E-state index contributed by atoms with van der Waals surface area (Å²) in [5.41, 5.74) is 0. The lowest BCUT2D eigenvalue weighted by Gasteiger charge is -2.41. The maximum atomic E-state index is 12.1. The van der Waals surface area contributed by atoms with E-state index in [1.807, 2.05) is 0 Å². The number of hydrogen-bond acceptors (Lipinski definition) is 11. The zero-order valence-electron chi connectivity index (χ0n) is 21.8. The van der Waals surface area contributed by atoms with Gasteiger partial charge in [-0.05, 0) is 6.42 Å². The quantitative estimate of drug-likeness (QED) is 0.0642. The maximum absolute atomic E-state index is 12.1. The number of unbranched alkanes of at least 4 members (excludes halogenated alkanes) is 11. The first-order valence-corrected chi connectivity index (χ1v) is 14.9. The van der Waals surface area contributed by atoms with E-state index in [4.69, 9.17) is 4.74 Å². The van der Waals surface area contributed by atoms with Crippen LogP contribution in [0.4, 0.5) is 0 Å². The van der Waals surface area contributed by atoms with Gasteiger partial charge in [-0.15, -0.1) is 0 Å². The third-order valence-corrected chi connectivity index (χ3v) is 7.41. The summed E-state index contributed by atoms with van der Waals surface area (Å²) in [4.78, 5) is 21.6. The van der Waals surface area contributed by atoms with E-state index in [0.29, 0.717) is 6.42 Å². The van der Waals surface area contributed by atoms with Crippen molar-refractivity contribution < 1.29 is 58.7 Å². The van der Waals surface area contributed by atoms with Gasteiger partial charge in [-0.3, -0.25) is 13.8 Å². The molecule has 13 heteroatoms. The Labute approximate surface area is 219 Å². The molecule has 7 N–H and O–H groups in total. The predicted molar refractivity (Wildman–Crippen MR) is 133 cm³/mol. The lowest BCUT2D eigenvalue weighted by Crippen LogP contribution is -2.64. The van der Waals surface area contributed by atoms with Crippen LogP contribution in [0, 0.1) is 0 Å². The maximum Gasteiger partial charge on any atom is 0.472 e. The fraction of sp³-hybridized carbons (Fsp3) is 0.958. The fourth-order valence-corrected chi connectivity index (χ4v) is 5.08. The molecule has 1 saturated carbocycles. The molecule has 0 bridgehead atoms. The topological polar surface area (TPSA) is 203 Å². The molecular formula is C24H47O12P. The number of aliphatic hydroxyl groups is 6. The molecule has 6 unspecified atom stereocenters. The van der Waals surface area contributed by atoms with Crippen molar-refractivity contribution in [1.82, 2.24) is 0 Å². The molecule has 1 aliphatic carbocycles. The number of carbonyl (C=O) groups is 1. The van der Waals surface area contributed by atoms with Crippen LogP contribution in [0.1, 0.15) is 90.4 Å². The first-order chi connectivity index (χ1) is 17.5. The highest BCUT2D eigenvalue weighted by Crippen LogP contribution is 2.47. The number of aliphatic hydroxyl groups excluding tert-OH is 6. The lowest BCUT2D eigenvalue weighted by molar-refractivity contribution is -0.220. The Hall–Kier alpha value is -0.660. The average Bonchev–Trinajstić information content (AvgIpc) is 2.87. The Morgan fingerprint density at radius 2 is 1.16 bits per heavy atom. The predicted octanol–water partition coefficient (Wildman–Crippen LogP) is 1.30. The fourth-order valence-electron chi connectivity index (χ4n) is 4.11. The van der Waals surface area contributed by atoms with Gasteiger partial charge in [-0.2, -0.15) is 0 Å². The van der Waals surface area contributed by atoms with Crippen LogP contribution >= 0.6 is 7.82 Å². The van der Waals surface area contributed by atoms with E-state index in [-0.39, 0.29) is 6.42 Å². The molecule has 37 heavy (non-hydrogen) atoms. The van der Waals surface area contributed by atoms with Crippen LogP contribution in [0.15, 0.2) is 0 Å². The van der Waals surface area contributed by atoms with Crippen molar-refractivity contribution in [2.45, 2.75) is 133 Å². The summed E-state index contributed by atoms with van der Waals surface area (Å²) in [5, 5.41) is 58.4. The van der Waals surface area contributed by atoms with Crippen LogP contribution in [0.2, 0.25) is 0 Å². The third kappa shape index (κ3) is 13.8. The van der Waals surface area contributed by atoms with E-state index >= 15 is 0 Å². The molecule has 0 aromatic heterocycles. The van der Waals surface area contributed by atoms with Crippen molar-refractivity contribution in [2.75, 3.05) is 13.2 Å².